The van der Waals surface area contributed by atoms with Crippen molar-refractivity contribution in [2.75, 3.05) is 17.1 Å². The summed E-state index contributed by atoms with van der Waals surface area (Å²) in [4.78, 5) is 29.5. The fourth-order valence-corrected chi connectivity index (χ4v) is 6.49. The van der Waals surface area contributed by atoms with Gasteiger partial charge in [0, 0.05) is 32.0 Å². The highest BCUT2D eigenvalue weighted by Gasteiger charge is 2.32. The summed E-state index contributed by atoms with van der Waals surface area (Å²) in [5.74, 6) is -0.306. The van der Waals surface area contributed by atoms with Crippen LogP contribution in [-0.2, 0) is 32.6 Å². The van der Waals surface area contributed by atoms with Crippen molar-refractivity contribution in [1.29, 1.82) is 0 Å². The van der Waals surface area contributed by atoms with Gasteiger partial charge in [0.25, 0.3) is 0 Å². The molecule has 1 atom stereocenters. The van der Waals surface area contributed by atoms with Crippen LogP contribution in [0.4, 0.5) is 5.69 Å². The Labute approximate surface area is 251 Å². The molecule has 7 nitrogen and oxygen atoms in total. The number of rotatable bonds is 13. The third-order valence-corrected chi connectivity index (χ3v) is 9.11. The Kier molecular flexibility index (Phi) is 10.8. The van der Waals surface area contributed by atoms with E-state index in [0.29, 0.717) is 25.1 Å². The molecule has 1 aliphatic rings. The van der Waals surface area contributed by atoms with Gasteiger partial charge in [-0.1, -0.05) is 90.7 Å². The van der Waals surface area contributed by atoms with Gasteiger partial charge in [0.2, 0.25) is 21.8 Å². The number of carbonyl (C=O) groups excluding carboxylic acids is 2. The predicted octanol–water partition coefficient (Wildman–Crippen LogP) is 5.55. The molecule has 3 aromatic carbocycles. The van der Waals surface area contributed by atoms with Crippen molar-refractivity contribution in [3.05, 3.63) is 101 Å². The van der Waals surface area contributed by atoms with Crippen LogP contribution < -0.4 is 9.62 Å². The number of anilines is 1. The first-order valence-electron chi connectivity index (χ1n) is 14.8. The molecule has 4 rings (SSSR count). The van der Waals surface area contributed by atoms with Gasteiger partial charge in [-0.05, 0) is 56.4 Å². The molecule has 0 aliphatic heterocycles. The lowest BCUT2D eigenvalue weighted by Gasteiger charge is -2.33. The van der Waals surface area contributed by atoms with E-state index in [2.05, 4.69) is 5.32 Å². The van der Waals surface area contributed by atoms with Crippen LogP contribution in [0.5, 0.6) is 0 Å². The van der Waals surface area contributed by atoms with Crippen LogP contribution in [0.15, 0.2) is 78.9 Å². The van der Waals surface area contributed by atoms with Crippen LogP contribution in [0.25, 0.3) is 0 Å². The van der Waals surface area contributed by atoms with Gasteiger partial charge >= 0.3 is 0 Å². The summed E-state index contributed by atoms with van der Waals surface area (Å²) < 4.78 is 26.6. The molecule has 2 amide bonds. The van der Waals surface area contributed by atoms with Gasteiger partial charge in [-0.2, -0.15) is 0 Å². The number of benzene rings is 3. The van der Waals surface area contributed by atoms with Gasteiger partial charge < -0.3 is 10.2 Å². The molecular weight excluding hydrogens is 546 g/mol. The summed E-state index contributed by atoms with van der Waals surface area (Å²) in [7, 11) is -3.54. The van der Waals surface area contributed by atoms with Crippen molar-refractivity contribution in [1.82, 2.24) is 10.2 Å². The molecule has 1 fully saturated rings. The van der Waals surface area contributed by atoms with E-state index in [1.165, 1.54) is 10.6 Å². The molecule has 8 heteroatoms. The molecule has 42 heavy (non-hydrogen) atoms. The first-order valence-corrected chi connectivity index (χ1v) is 16.7. The highest BCUT2D eigenvalue weighted by atomic mass is 32.2. The minimum atomic E-state index is -3.54. The maximum Gasteiger partial charge on any atom is 0.243 e. The summed E-state index contributed by atoms with van der Waals surface area (Å²) in [6.45, 7) is 4.43. The van der Waals surface area contributed by atoms with Crippen LogP contribution in [0.1, 0.15) is 60.8 Å². The summed E-state index contributed by atoms with van der Waals surface area (Å²) in [6, 6.07) is 24.5. The molecule has 1 aliphatic carbocycles. The van der Waals surface area contributed by atoms with Crippen LogP contribution in [0.2, 0.25) is 0 Å². The number of amides is 2. The maximum atomic E-state index is 14.0. The Morgan fingerprint density at radius 1 is 0.857 bits per heavy atom. The number of hydrogen-bond donors (Lipinski definition) is 1. The predicted molar refractivity (Wildman–Crippen MR) is 169 cm³/mol. The largest absolute Gasteiger partial charge is 0.352 e. The second-order valence-corrected chi connectivity index (χ2v) is 13.4. The normalized spacial score (nSPS) is 14.4. The average molecular weight is 590 g/mol. The van der Waals surface area contributed by atoms with Crippen molar-refractivity contribution >= 4 is 27.5 Å². The molecule has 1 saturated carbocycles. The van der Waals surface area contributed by atoms with Crippen LogP contribution in [0.3, 0.4) is 0 Å². The second-order valence-electron chi connectivity index (χ2n) is 11.5. The molecular formula is C34H43N3O4S. The average Bonchev–Trinajstić information content (AvgIpc) is 3.47. The Morgan fingerprint density at radius 3 is 2.05 bits per heavy atom. The monoisotopic (exact) mass is 589 g/mol. The Bertz CT molecular complexity index is 1420. The third kappa shape index (κ3) is 8.92. The minimum absolute atomic E-state index is 0.117. The fourth-order valence-electron chi connectivity index (χ4n) is 5.53. The summed E-state index contributed by atoms with van der Waals surface area (Å²) in [6.07, 6.45) is 6.12. The Morgan fingerprint density at radius 2 is 1.45 bits per heavy atom. The first-order chi connectivity index (χ1) is 20.1. The zero-order valence-electron chi connectivity index (χ0n) is 25.0. The smallest absolute Gasteiger partial charge is 0.243 e. The molecule has 0 heterocycles. The lowest BCUT2D eigenvalue weighted by molar-refractivity contribution is -0.141. The highest BCUT2D eigenvalue weighted by molar-refractivity contribution is 7.92. The molecule has 224 valence electrons. The summed E-state index contributed by atoms with van der Waals surface area (Å²) in [5.41, 5.74) is 4.65. The van der Waals surface area contributed by atoms with Gasteiger partial charge in [0.1, 0.15) is 6.04 Å². The first kappa shape index (κ1) is 31.3. The van der Waals surface area contributed by atoms with E-state index in [1.54, 1.807) is 17.0 Å². The molecule has 0 unspecified atom stereocenters. The minimum Gasteiger partial charge on any atom is -0.352 e. The molecule has 0 spiro atoms. The van der Waals surface area contributed by atoms with Crippen molar-refractivity contribution in [2.45, 2.75) is 77.4 Å². The molecule has 0 radical (unpaired) electrons. The van der Waals surface area contributed by atoms with E-state index in [4.69, 9.17) is 0 Å². The molecule has 1 N–H and O–H groups in total. The lowest BCUT2D eigenvalue weighted by atomic mass is 10.0. The van der Waals surface area contributed by atoms with Gasteiger partial charge in [-0.15, -0.1) is 0 Å². The second kappa shape index (κ2) is 14.5. The molecule has 0 bridgehead atoms. The number of sulfonamides is 1. The van der Waals surface area contributed by atoms with Crippen LogP contribution >= 0.6 is 0 Å². The zero-order chi connectivity index (χ0) is 30.1. The topological polar surface area (TPSA) is 86.8 Å². The van der Waals surface area contributed by atoms with E-state index >= 15 is 0 Å². The van der Waals surface area contributed by atoms with Crippen molar-refractivity contribution in [2.24, 2.45) is 0 Å². The van der Waals surface area contributed by atoms with Crippen molar-refractivity contribution in [3.63, 3.8) is 0 Å². The van der Waals surface area contributed by atoms with E-state index in [0.717, 1.165) is 47.9 Å². The quantitative estimate of drug-likeness (QED) is 0.283. The van der Waals surface area contributed by atoms with Gasteiger partial charge in [0.15, 0.2) is 0 Å². The van der Waals surface area contributed by atoms with Crippen LogP contribution in [-0.4, -0.2) is 50.0 Å². The number of aryl methyl sites for hydroxylation is 2. The standard InChI is InChI=1S/C34H43N3O4S/c1-26-15-19-29(20-16-26)25-36(32(24-28-10-5-4-6-11-28)34(39)35-30-12-7-8-13-30)33(38)14-9-23-37(42(3,40)41)31-21-17-27(2)18-22-31/h4-6,10-11,15-22,30,32H,7-9,12-14,23-25H2,1-3H3,(H,35,39)/t32-/m1/s1. The maximum absolute atomic E-state index is 14.0. The van der Waals surface area contributed by atoms with E-state index in [9.17, 15) is 18.0 Å². The molecule has 0 saturated heterocycles. The fraction of sp³-hybridized carbons (Fsp3) is 0.412. The molecule has 0 aromatic heterocycles. The summed E-state index contributed by atoms with van der Waals surface area (Å²) in [5, 5.41) is 3.23. The van der Waals surface area contributed by atoms with Gasteiger partial charge in [0.05, 0.1) is 11.9 Å². The summed E-state index contributed by atoms with van der Waals surface area (Å²) >= 11 is 0. The van der Waals surface area contributed by atoms with E-state index < -0.39 is 16.1 Å². The van der Waals surface area contributed by atoms with E-state index in [1.807, 2.05) is 80.6 Å². The highest BCUT2D eigenvalue weighted by Crippen LogP contribution is 2.22. The number of carbonyl (C=O) groups is 2. The molecule has 3 aromatic rings. The van der Waals surface area contributed by atoms with Crippen molar-refractivity contribution in [3.8, 4) is 0 Å². The van der Waals surface area contributed by atoms with Crippen LogP contribution in [0, 0.1) is 13.8 Å². The Balaban J connectivity index is 1.57. The number of hydrogen-bond acceptors (Lipinski definition) is 4. The Hall–Kier alpha value is -3.65. The SMILES string of the molecule is Cc1ccc(CN(C(=O)CCCN(c2ccc(C)cc2)S(C)(=O)=O)[C@H](Cc2ccccc2)C(=O)NC2CCCC2)cc1. The zero-order valence-corrected chi connectivity index (χ0v) is 25.8. The van der Waals surface area contributed by atoms with Gasteiger partial charge in [-0.3, -0.25) is 13.9 Å². The van der Waals surface area contributed by atoms with Gasteiger partial charge in [-0.25, -0.2) is 8.42 Å². The number of nitrogens with zero attached hydrogens (tertiary/aromatic N) is 2. The third-order valence-electron chi connectivity index (χ3n) is 7.92. The van der Waals surface area contributed by atoms with E-state index in [-0.39, 0.29) is 30.8 Å². The number of nitrogens with one attached hydrogen (secondary N) is 1. The van der Waals surface area contributed by atoms with Crippen molar-refractivity contribution < 1.29 is 18.0 Å². The lowest BCUT2D eigenvalue weighted by Crippen LogP contribution is -2.52.